The predicted octanol–water partition coefficient (Wildman–Crippen LogP) is 2.18. The molecule has 0 unspecified atom stereocenters. The molecule has 3 nitrogen and oxygen atoms in total. The fraction of sp³-hybridized carbons (Fsp3) is 0.417. The van der Waals surface area contributed by atoms with Crippen LogP contribution in [-0.4, -0.2) is 29.8 Å². The van der Waals surface area contributed by atoms with Crippen LogP contribution >= 0.6 is 23.8 Å². The van der Waals surface area contributed by atoms with Gasteiger partial charge in [0, 0.05) is 25.3 Å². The lowest BCUT2D eigenvalue weighted by Gasteiger charge is -2.24. The number of anilines is 1. The maximum Gasteiger partial charge on any atom is 0.104 e. The Labute approximate surface area is 112 Å². The Morgan fingerprint density at radius 2 is 2.24 bits per heavy atom. The van der Waals surface area contributed by atoms with Crippen LogP contribution in [0.1, 0.15) is 18.9 Å². The van der Waals surface area contributed by atoms with Crippen LogP contribution in [0.25, 0.3) is 0 Å². The molecule has 0 aliphatic carbocycles. The topological polar surface area (TPSA) is 49.5 Å². The highest BCUT2D eigenvalue weighted by atomic mass is 35.5. The van der Waals surface area contributed by atoms with Crippen LogP contribution in [0.2, 0.25) is 5.02 Å². The molecule has 17 heavy (non-hydrogen) atoms. The smallest absolute Gasteiger partial charge is 0.104 e. The molecule has 0 heterocycles. The number of rotatable bonds is 6. The molecule has 5 heteroatoms. The van der Waals surface area contributed by atoms with Gasteiger partial charge in [0.1, 0.15) is 4.99 Å². The summed E-state index contributed by atoms with van der Waals surface area (Å²) in [6.07, 6.45) is 0.723. The van der Waals surface area contributed by atoms with E-state index in [0.717, 1.165) is 30.8 Å². The van der Waals surface area contributed by atoms with Gasteiger partial charge in [-0.2, -0.15) is 0 Å². The normalized spacial score (nSPS) is 10.3. The Kier molecular flexibility index (Phi) is 5.68. The molecule has 0 aromatic heterocycles. The van der Waals surface area contributed by atoms with Crippen molar-refractivity contribution in [2.75, 3.05) is 24.6 Å². The maximum absolute atomic E-state index is 8.85. The van der Waals surface area contributed by atoms with Gasteiger partial charge in [-0.25, -0.2) is 0 Å². The van der Waals surface area contributed by atoms with Crippen LogP contribution in [0.3, 0.4) is 0 Å². The maximum atomic E-state index is 8.85. The quantitative estimate of drug-likeness (QED) is 0.780. The van der Waals surface area contributed by atoms with Crippen molar-refractivity contribution in [3.8, 4) is 0 Å². The molecule has 3 N–H and O–H groups in total. The lowest BCUT2D eigenvalue weighted by Crippen LogP contribution is -2.25. The van der Waals surface area contributed by atoms with E-state index >= 15 is 0 Å². The highest BCUT2D eigenvalue weighted by Crippen LogP contribution is 2.27. The predicted molar refractivity (Wildman–Crippen MR) is 76.9 cm³/mol. The molecule has 0 radical (unpaired) electrons. The van der Waals surface area contributed by atoms with Crippen LogP contribution in [0, 0.1) is 0 Å². The number of benzene rings is 1. The fourth-order valence-electron chi connectivity index (χ4n) is 1.63. The third-order valence-corrected chi connectivity index (χ3v) is 3.08. The summed E-state index contributed by atoms with van der Waals surface area (Å²) in [6.45, 7) is 3.85. The SMILES string of the molecule is CCN(CCCO)c1ccc(C(N)=S)cc1Cl. The van der Waals surface area contributed by atoms with Crippen molar-refractivity contribution in [2.24, 2.45) is 5.73 Å². The molecule has 0 saturated heterocycles. The van der Waals surface area contributed by atoms with E-state index in [-0.39, 0.29) is 6.61 Å². The molecule has 1 rings (SSSR count). The third kappa shape index (κ3) is 3.84. The molecule has 1 aromatic rings. The second kappa shape index (κ2) is 6.79. The molecule has 94 valence electrons. The Bertz CT molecular complexity index is 398. The van der Waals surface area contributed by atoms with Gasteiger partial charge in [0.2, 0.25) is 0 Å². The van der Waals surface area contributed by atoms with Gasteiger partial charge in [-0.15, -0.1) is 0 Å². The van der Waals surface area contributed by atoms with E-state index in [1.54, 1.807) is 6.07 Å². The average molecular weight is 273 g/mol. The van der Waals surface area contributed by atoms with Gasteiger partial charge in [0.15, 0.2) is 0 Å². The van der Waals surface area contributed by atoms with Gasteiger partial charge in [-0.05, 0) is 31.5 Å². The van der Waals surface area contributed by atoms with Gasteiger partial charge in [-0.3, -0.25) is 0 Å². The summed E-state index contributed by atoms with van der Waals surface area (Å²) >= 11 is 11.1. The minimum Gasteiger partial charge on any atom is -0.396 e. The number of hydrogen-bond donors (Lipinski definition) is 2. The van der Waals surface area contributed by atoms with E-state index in [0.29, 0.717) is 10.0 Å². The molecule has 0 atom stereocenters. The lowest BCUT2D eigenvalue weighted by atomic mass is 10.2. The molecule has 0 spiro atoms. The number of aliphatic hydroxyl groups is 1. The molecule has 1 aromatic carbocycles. The summed E-state index contributed by atoms with van der Waals surface area (Å²) in [4.78, 5) is 2.46. The first kappa shape index (κ1) is 14.2. The van der Waals surface area contributed by atoms with Crippen molar-refractivity contribution < 1.29 is 5.11 Å². The molecule has 0 bridgehead atoms. The van der Waals surface area contributed by atoms with E-state index in [2.05, 4.69) is 11.8 Å². The van der Waals surface area contributed by atoms with Crippen molar-refractivity contribution in [2.45, 2.75) is 13.3 Å². The zero-order valence-electron chi connectivity index (χ0n) is 9.82. The largest absolute Gasteiger partial charge is 0.396 e. The number of thiocarbonyl (C=S) groups is 1. The first-order valence-corrected chi connectivity index (χ1v) is 6.34. The Morgan fingerprint density at radius 1 is 1.53 bits per heavy atom. The molecular weight excluding hydrogens is 256 g/mol. The molecule has 0 fully saturated rings. The van der Waals surface area contributed by atoms with Crippen molar-refractivity contribution in [3.05, 3.63) is 28.8 Å². The van der Waals surface area contributed by atoms with Gasteiger partial charge < -0.3 is 15.7 Å². The zero-order chi connectivity index (χ0) is 12.8. The van der Waals surface area contributed by atoms with Crippen LogP contribution in [0.15, 0.2) is 18.2 Å². The fourth-order valence-corrected chi connectivity index (χ4v) is 2.05. The van der Waals surface area contributed by atoms with Gasteiger partial charge in [-0.1, -0.05) is 23.8 Å². The first-order chi connectivity index (χ1) is 8.10. The summed E-state index contributed by atoms with van der Waals surface area (Å²) in [5.74, 6) is 0. The molecular formula is C12H17ClN2OS. The highest BCUT2D eigenvalue weighted by Gasteiger charge is 2.09. The second-order valence-corrected chi connectivity index (χ2v) is 4.53. The van der Waals surface area contributed by atoms with E-state index in [1.807, 2.05) is 12.1 Å². The van der Waals surface area contributed by atoms with Gasteiger partial charge in [0.05, 0.1) is 10.7 Å². The number of nitrogens with zero attached hydrogens (tertiary/aromatic N) is 1. The summed E-state index contributed by atoms with van der Waals surface area (Å²) in [6, 6.07) is 5.56. The van der Waals surface area contributed by atoms with Crippen molar-refractivity contribution >= 4 is 34.5 Å². The lowest BCUT2D eigenvalue weighted by molar-refractivity contribution is 0.289. The first-order valence-electron chi connectivity index (χ1n) is 5.55. The highest BCUT2D eigenvalue weighted by molar-refractivity contribution is 7.80. The van der Waals surface area contributed by atoms with Crippen molar-refractivity contribution in [3.63, 3.8) is 0 Å². The molecule has 0 amide bonds. The summed E-state index contributed by atoms with van der Waals surface area (Å²) in [5.41, 5.74) is 7.26. The minimum absolute atomic E-state index is 0.180. The van der Waals surface area contributed by atoms with E-state index in [1.165, 1.54) is 0 Å². The van der Waals surface area contributed by atoms with Crippen molar-refractivity contribution in [1.82, 2.24) is 0 Å². The number of nitrogens with two attached hydrogens (primary N) is 1. The third-order valence-electron chi connectivity index (χ3n) is 2.54. The summed E-state index contributed by atoms with van der Waals surface area (Å²) in [5, 5.41) is 9.48. The Balaban J connectivity index is 2.92. The number of hydrogen-bond acceptors (Lipinski definition) is 3. The molecule has 0 aliphatic heterocycles. The Morgan fingerprint density at radius 3 is 2.71 bits per heavy atom. The standard InChI is InChI=1S/C12H17ClN2OS/c1-2-15(6-3-7-16)11-5-4-9(12(14)17)8-10(11)13/h4-5,8,16H,2-3,6-7H2,1H3,(H2,14,17). The van der Waals surface area contributed by atoms with Gasteiger partial charge >= 0.3 is 0 Å². The van der Waals surface area contributed by atoms with Crippen molar-refractivity contribution in [1.29, 1.82) is 0 Å². The van der Waals surface area contributed by atoms with Crippen LogP contribution in [0.5, 0.6) is 0 Å². The monoisotopic (exact) mass is 272 g/mol. The second-order valence-electron chi connectivity index (χ2n) is 3.69. The number of halogens is 1. The molecule has 0 aliphatic rings. The van der Waals surface area contributed by atoms with E-state index in [9.17, 15) is 0 Å². The number of aliphatic hydroxyl groups excluding tert-OH is 1. The average Bonchev–Trinajstić information content (AvgIpc) is 2.31. The zero-order valence-corrected chi connectivity index (χ0v) is 11.4. The molecule has 0 saturated carbocycles. The summed E-state index contributed by atoms with van der Waals surface area (Å²) < 4.78 is 0. The van der Waals surface area contributed by atoms with Crippen LogP contribution < -0.4 is 10.6 Å². The summed E-state index contributed by atoms with van der Waals surface area (Å²) in [7, 11) is 0. The van der Waals surface area contributed by atoms with E-state index < -0.39 is 0 Å². The Hall–Kier alpha value is -0.840. The van der Waals surface area contributed by atoms with Gasteiger partial charge in [0.25, 0.3) is 0 Å². The van der Waals surface area contributed by atoms with Crippen LogP contribution in [0.4, 0.5) is 5.69 Å². The van der Waals surface area contributed by atoms with E-state index in [4.69, 9.17) is 34.7 Å². The minimum atomic E-state index is 0.180. The van der Waals surface area contributed by atoms with Crippen LogP contribution in [-0.2, 0) is 0 Å².